The fourth-order valence-electron chi connectivity index (χ4n) is 3.56. The van der Waals surface area contributed by atoms with Crippen LogP contribution in [0.15, 0.2) is 82.7 Å². The highest BCUT2D eigenvalue weighted by Crippen LogP contribution is 2.37. The summed E-state index contributed by atoms with van der Waals surface area (Å²) in [5, 5.41) is 1.33. The molecule has 3 aromatic carbocycles. The van der Waals surface area contributed by atoms with Crippen molar-refractivity contribution in [3.63, 3.8) is 0 Å². The van der Waals surface area contributed by atoms with E-state index in [4.69, 9.17) is 26.1 Å². The maximum atomic E-state index is 13.2. The first-order valence-corrected chi connectivity index (χ1v) is 12.7. The second-order valence-electron chi connectivity index (χ2n) is 8.13. The Balaban J connectivity index is 1.59. The molecule has 0 saturated carbocycles. The molecule has 3 aromatic rings. The van der Waals surface area contributed by atoms with Gasteiger partial charge in [-0.3, -0.25) is 9.69 Å². The Morgan fingerprint density at radius 3 is 2.46 bits per heavy atom. The van der Waals surface area contributed by atoms with Gasteiger partial charge >= 0.3 is 0 Å². The molecule has 5 nitrogen and oxygen atoms in total. The molecular weight excluding hydrogens is 480 g/mol. The predicted molar refractivity (Wildman–Crippen MR) is 144 cm³/mol. The zero-order valence-electron chi connectivity index (χ0n) is 19.9. The Morgan fingerprint density at radius 2 is 1.74 bits per heavy atom. The maximum Gasteiger partial charge on any atom is 0.266 e. The molecule has 0 bridgehead atoms. The molecule has 0 unspecified atom stereocenters. The molecule has 4 rings (SSSR count). The van der Waals surface area contributed by atoms with Crippen molar-refractivity contribution in [2.24, 2.45) is 4.99 Å². The Kier molecular flexibility index (Phi) is 8.16. The van der Waals surface area contributed by atoms with E-state index >= 15 is 0 Å². The summed E-state index contributed by atoms with van der Waals surface area (Å²) in [5.74, 6) is 1.18. The number of carbonyl (C=O) groups is 1. The van der Waals surface area contributed by atoms with E-state index in [-0.39, 0.29) is 11.9 Å². The summed E-state index contributed by atoms with van der Waals surface area (Å²) in [4.78, 5) is 20.3. The third-order valence-electron chi connectivity index (χ3n) is 5.24. The number of aliphatic imine (C=N–C) groups is 1. The van der Waals surface area contributed by atoms with E-state index in [1.54, 1.807) is 4.90 Å². The lowest BCUT2D eigenvalue weighted by Gasteiger charge is -2.19. The van der Waals surface area contributed by atoms with Gasteiger partial charge in [0.25, 0.3) is 5.91 Å². The summed E-state index contributed by atoms with van der Waals surface area (Å²) in [5.41, 5.74) is 2.56. The number of nitrogens with zero attached hydrogens (tertiary/aromatic N) is 2. The van der Waals surface area contributed by atoms with E-state index in [1.165, 1.54) is 11.8 Å². The van der Waals surface area contributed by atoms with Crippen LogP contribution >= 0.6 is 23.4 Å². The number of amides is 1. The Bertz CT molecular complexity index is 1260. The molecule has 1 heterocycles. The molecular formula is C28H27ClN2O3S. The van der Waals surface area contributed by atoms with Crippen molar-refractivity contribution in [2.75, 3.05) is 6.61 Å². The van der Waals surface area contributed by atoms with Crippen LogP contribution in [0.4, 0.5) is 5.69 Å². The van der Waals surface area contributed by atoms with E-state index < -0.39 is 0 Å². The number of hydrogen-bond acceptors (Lipinski definition) is 5. The lowest BCUT2D eigenvalue weighted by molar-refractivity contribution is -0.123. The van der Waals surface area contributed by atoms with Gasteiger partial charge in [-0.05, 0) is 74.5 Å². The van der Waals surface area contributed by atoms with Crippen LogP contribution in [-0.2, 0) is 11.4 Å². The minimum Gasteiger partial charge on any atom is -0.490 e. The third kappa shape index (κ3) is 6.08. The summed E-state index contributed by atoms with van der Waals surface area (Å²) in [7, 11) is 0. The van der Waals surface area contributed by atoms with Crippen LogP contribution in [0.3, 0.4) is 0 Å². The van der Waals surface area contributed by atoms with Gasteiger partial charge in [-0.1, -0.05) is 54.1 Å². The van der Waals surface area contributed by atoms with Crippen LogP contribution in [-0.4, -0.2) is 28.6 Å². The molecule has 0 radical (unpaired) electrons. The molecule has 0 atom stereocenters. The van der Waals surface area contributed by atoms with Gasteiger partial charge in [0.2, 0.25) is 0 Å². The van der Waals surface area contributed by atoms with Gasteiger partial charge in [0.1, 0.15) is 6.61 Å². The molecule has 0 spiro atoms. The average Bonchev–Trinajstić information content (AvgIpc) is 3.14. The summed E-state index contributed by atoms with van der Waals surface area (Å²) < 4.78 is 11.8. The normalized spacial score (nSPS) is 15.9. The summed E-state index contributed by atoms with van der Waals surface area (Å²) in [6.45, 7) is 6.72. The first kappa shape index (κ1) is 24.9. The standard InChI is InChI=1S/C28H27ClN2O3S/c1-4-33-25-16-20(14-15-24(25)34-18-21-10-8-9-13-23(21)29)17-26-27(32)31(19(2)3)28(35-26)30-22-11-6-5-7-12-22/h5-17,19H,4,18H2,1-3H3/b26-17-,30-28?. The van der Waals surface area contributed by atoms with Gasteiger partial charge in [-0.2, -0.15) is 0 Å². The number of thioether (sulfide) groups is 1. The molecule has 1 fully saturated rings. The Hall–Kier alpha value is -3.22. The predicted octanol–water partition coefficient (Wildman–Crippen LogP) is 7.33. The van der Waals surface area contributed by atoms with E-state index in [9.17, 15) is 4.79 Å². The topological polar surface area (TPSA) is 51.1 Å². The third-order valence-corrected chi connectivity index (χ3v) is 6.59. The first-order chi connectivity index (χ1) is 17.0. The quantitative estimate of drug-likeness (QED) is 0.300. The van der Waals surface area contributed by atoms with Gasteiger partial charge < -0.3 is 9.47 Å². The Morgan fingerprint density at radius 1 is 1.00 bits per heavy atom. The van der Waals surface area contributed by atoms with Crippen molar-refractivity contribution in [1.82, 2.24) is 4.90 Å². The fraction of sp³-hybridized carbons (Fsp3) is 0.214. The van der Waals surface area contributed by atoms with Gasteiger partial charge in [-0.25, -0.2) is 4.99 Å². The van der Waals surface area contributed by atoms with Crippen molar-refractivity contribution in [3.8, 4) is 11.5 Å². The number of benzene rings is 3. The molecule has 1 amide bonds. The number of para-hydroxylation sites is 1. The highest BCUT2D eigenvalue weighted by atomic mass is 35.5. The summed E-state index contributed by atoms with van der Waals surface area (Å²) in [6.07, 6.45) is 1.87. The molecule has 7 heteroatoms. The monoisotopic (exact) mass is 506 g/mol. The van der Waals surface area contributed by atoms with Crippen LogP contribution in [0.5, 0.6) is 11.5 Å². The van der Waals surface area contributed by atoms with Crippen molar-refractivity contribution in [2.45, 2.75) is 33.4 Å². The van der Waals surface area contributed by atoms with E-state index in [1.807, 2.05) is 99.6 Å². The van der Waals surface area contributed by atoms with Gasteiger partial charge in [-0.15, -0.1) is 0 Å². The minimum atomic E-state index is -0.0586. The zero-order chi connectivity index (χ0) is 24.8. The van der Waals surface area contributed by atoms with E-state index in [0.29, 0.717) is 39.8 Å². The number of carbonyl (C=O) groups excluding carboxylic acids is 1. The molecule has 0 N–H and O–H groups in total. The van der Waals surface area contributed by atoms with Gasteiger partial charge in [0, 0.05) is 16.6 Å². The van der Waals surface area contributed by atoms with Crippen LogP contribution in [0, 0.1) is 0 Å². The molecule has 0 aromatic heterocycles. The fourth-order valence-corrected chi connectivity index (χ4v) is 4.87. The van der Waals surface area contributed by atoms with Crippen LogP contribution in [0.25, 0.3) is 6.08 Å². The molecule has 1 aliphatic rings. The van der Waals surface area contributed by atoms with Crippen LogP contribution in [0.1, 0.15) is 31.9 Å². The lowest BCUT2D eigenvalue weighted by Crippen LogP contribution is -2.35. The maximum absolute atomic E-state index is 13.2. The highest BCUT2D eigenvalue weighted by Gasteiger charge is 2.35. The number of halogens is 1. The molecule has 180 valence electrons. The van der Waals surface area contributed by atoms with Crippen molar-refractivity contribution in [3.05, 3.63) is 93.9 Å². The Labute approximate surface area is 215 Å². The number of ether oxygens (including phenoxy) is 2. The summed E-state index contributed by atoms with van der Waals surface area (Å²) >= 11 is 7.63. The van der Waals surface area contributed by atoms with Gasteiger partial charge in [0.15, 0.2) is 16.7 Å². The minimum absolute atomic E-state index is 0.0112. The van der Waals surface area contributed by atoms with E-state index in [2.05, 4.69) is 0 Å². The average molecular weight is 507 g/mol. The SMILES string of the molecule is CCOc1cc(/C=C2\SC(=Nc3ccccc3)N(C(C)C)C2=O)ccc1OCc1ccccc1Cl. The summed E-state index contributed by atoms with van der Waals surface area (Å²) in [6, 6.07) is 22.9. The lowest BCUT2D eigenvalue weighted by atomic mass is 10.1. The molecule has 35 heavy (non-hydrogen) atoms. The second-order valence-corrected chi connectivity index (χ2v) is 9.55. The number of rotatable bonds is 8. The number of amidine groups is 1. The van der Waals surface area contributed by atoms with Crippen molar-refractivity contribution in [1.29, 1.82) is 0 Å². The largest absolute Gasteiger partial charge is 0.490 e. The highest BCUT2D eigenvalue weighted by molar-refractivity contribution is 8.18. The molecule has 1 saturated heterocycles. The smallest absolute Gasteiger partial charge is 0.266 e. The van der Waals surface area contributed by atoms with Crippen LogP contribution < -0.4 is 9.47 Å². The molecule has 0 aliphatic carbocycles. The van der Waals surface area contributed by atoms with E-state index in [0.717, 1.165) is 16.8 Å². The van der Waals surface area contributed by atoms with Crippen molar-refractivity contribution < 1.29 is 14.3 Å². The number of hydrogen-bond donors (Lipinski definition) is 0. The second kappa shape index (κ2) is 11.5. The van der Waals surface area contributed by atoms with Crippen molar-refractivity contribution >= 4 is 46.2 Å². The zero-order valence-corrected chi connectivity index (χ0v) is 21.5. The van der Waals surface area contributed by atoms with Crippen LogP contribution in [0.2, 0.25) is 5.02 Å². The first-order valence-electron chi connectivity index (χ1n) is 11.5. The molecule has 1 aliphatic heterocycles. The van der Waals surface area contributed by atoms with Gasteiger partial charge in [0.05, 0.1) is 17.2 Å².